The first-order chi connectivity index (χ1) is 10.3. The van der Waals surface area contributed by atoms with Crippen LogP contribution in [0.15, 0.2) is 24.3 Å². The number of hydrogen-bond donors (Lipinski definition) is 1. The topological polar surface area (TPSA) is 66.8 Å². The number of carboxylic acids is 1. The van der Waals surface area contributed by atoms with Crippen LogP contribution in [0, 0.1) is 0 Å². The van der Waals surface area contributed by atoms with E-state index < -0.39 is 35.3 Å². The number of rotatable bonds is 3. The van der Waals surface area contributed by atoms with Gasteiger partial charge in [0.05, 0.1) is 30.3 Å². The Labute approximate surface area is 124 Å². The molecule has 0 bridgehead atoms. The lowest BCUT2D eigenvalue weighted by Gasteiger charge is -2.32. The maximum absolute atomic E-state index is 13.0. The zero-order chi connectivity index (χ0) is 16.3. The number of ether oxygens (including phenoxy) is 1. The zero-order valence-corrected chi connectivity index (χ0v) is 11.5. The van der Waals surface area contributed by atoms with Crippen LogP contribution in [0.1, 0.15) is 22.3 Å². The Bertz CT molecular complexity index is 573. The third-order valence-electron chi connectivity index (χ3n) is 3.29. The lowest BCUT2D eigenvalue weighted by atomic mass is 10.0. The van der Waals surface area contributed by atoms with Gasteiger partial charge in [-0.25, -0.2) is 0 Å². The minimum Gasteiger partial charge on any atom is -0.481 e. The SMILES string of the molecule is O=C(O)C[C@H]1CN(C(=O)c2ccccc2C(F)(F)F)CCO1. The van der Waals surface area contributed by atoms with Crippen LogP contribution in [0.5, 0.6) is 0 Å². The van der Waals surface area contributed by atoms with Gasteiger partial charge in [-0.2, -0.15) is 13.2 Å². The number of carbonyl (C=O) groups excluding carboxylic acids is 1. The van der Waals surface area contributed by atoms with Crippen molar-refractivity contribution in [2.45, 2.75) is 18.7 Å². The fourth-order valence-electron chi connectivity index (χ4n) is 2.31. The van der Waals surface area contributed by atoms with Crippen molar-refractivity contribution in [3.63, 3.8) is 0 Å². The maximum Gasteiger partial charge on any atom is 0.417 e. The van der Waals surface area contributed by atoms with Crippen molar-refractivity contribution >= 4 is 11.9 Å². The van der Waals surface area contributed by atoms with Gasteiger partial charge in [0.15, 0.2) is 0 Å². The molecule has 0 saturated carbocycles. The number of amides is 1. The number of nitrogens with zero attached hydrogens (tertiary/aromatic N) is 1. The van der Waals surface area contributed by atoms with E-state index in [2.05, 4.69) is 0 Å². The molecule has 0 aromatic heterocycles. The number of morpholine rings is 1. The maximum atomic E-state index is 13.0. The van der Waals surface area contributed by atoms with E-state index in [0.29, 0.717) is 0 Å². The average Bonchev–Trinajstić information content (AvgIpc) is 2.45. The molecule has 0 radical (unpaired) electrons. The molecule has 1 aromatic carbocycles. The van der Waals surface area contributed by atoms with Crippen LogP contribution >= 0.6 is 0 Å². The van der Waals surface area contributed by atoms with E-state index in [9.17, 15) is 22.8 Å². The Hall–Kier alpha value is -2.09. The molecule has 1 atom stereocenters. The minimum atomic E-state index is -4.63. The average molecular weight is 317 g/mol. The van der Waals surface area contributed by atoms with Crippen LogP contribution in [0.25, 0.3) is 0 Å². The highest BCUT2D eigenvalue weighted by atomic mass is 19.4. The molecule has 1 saturated heterocycles. The predicted molar refractivity (Wildman–Crippen MR) is 69.3 cm³/mol. The van der Waals surface area contributed by atoms with Gasteiger partial charge in [0, 0.05) is 13.1 Å². The Morgan fingerprint density at radius 1 is 1.32 bits per heavy atom. The lowest BCUT2D eigenvalue weighted by molar-refractivity contribution is -0.141. The van der Waals surface area contributed by atoms with Crippen LogP contribution in [0.4, 0.5) is 13.2 Å². The van der Waals surface area contributed by atoms with Crippen LogP contribution < -0.4 is 0 Å². The number of hydrogen-bond acceptors (Lipinski definition) is 3. The van der Waals surface area contributed by atoms with E-state index >= 15 is 0 Å². The molecule has 1 N–H and O–H groups in total. The fourth-order valence-corrected chi connectivity index (χ4v) is 2.31. The summed E-state index contributed by atoms with van der Waals surface area (Å²) in [4.78, 5) is 24.2. The molecule has 1 heterocycles. The summed E-state index contributed by atoms with van der Waals surface area (Å²) in [6.07, 6.45) is -5.64. The van der Waals surface area contributed by atoms with Gasteiger partial charge in [0.2, 0.25) is 0 Å². The molecule has 0 unspecified atom stereocenters. The van der Waals surface area contributed by atoms with Gasteiger partial charge in [0.1, 0.15) is 0 Å². The second kappa shape index (κ2) is 6.35. The van der Waals surface area contributed by atoms with E-state index in [1.54, 1.807) is 0 Å². The highest BCUT2D eigenvalue weighted by Gasteiger charge is 2.36. The first-order valence-electron chi connectivity index (χ1n) is 6.58. The quantitative estimate of drug-likeness (QED) is 0.926. The number of alkyl halides is 3. The summed E-state index contributed by atoms with van der Waals surface area (Å²) in [5, 5.41) is 8.73. The molecule has 1 aliphatic heterocycles. The summed E-state index contributed by atoms with van der Waals surface area (Å²) in [6, 6.07) is 4.54. The minimum absolute atomic E-state index is 0.0443. The van der Waals surface area contributed by atoms with Gasteiger partial charge in [0.25, 0.3) is 5.91 Å². The molecular weight excluding hydrogens is 303 g/mol. The summed E-state index contributed by atoms with van der Waals surface area (Å²) in [7, 11) is 0. The van der Waals surface area contributed by atoms with Gasteiger partial charge in [-0.15, -0.1) is 0 Å². The molecular formula is C14H14F3NO4. The Kier molecular flexibility index (Phi) is 4.70. The summed E-state index contributed by atoms with van der Waals surface area (Å²) < 4.78 is 44.1. The van der Waals surface area contributed by atoms with Crippen molar-refractivity contribution in [3.05, 3.63) is 35.4 Å². The highest BCUT2D eigenvalue weighted by molar-refractivity contribution is 5.96. The number of aliphatic carboxylic acids is 1. The lowest BCUT2D eigenvalue weighted by Crippen LogP contribution is -2.46. The molecule has 1 amide bonds. The molecule has 8 heteroatoms. The zero-order valence-electron chi connectivity index (χ0n) is 11.5. The monoisotopic (exact) mass is 317 g/mol. The normalized spacial score (nSPS) is 19.0. The van der Waals surface area contributed by atoms with E-state index in [1.165, 1.54) is 17.0 Å². The van der Waals surface area contributed by atoms with Crippen LogP contribution in [-0.2, 0) is 15.7 Å². The summed E-state index contributed by atoms with van der Waals surface area (Å²) >= 11 is 0. The van der Waals surface area contributed by atoms with Crippen molar-refractivity contribution in [3.8, 4) is 0 Å². The van der Waals surface area contributed by atoms with Crippen LogP contribution in [0.3, 0.4) is 0 Å². The van der Waals surface area contributed by atoms with Gasteiger partial charge >= 0.3 is 12.1 Å². The van der Waals surface area contributed by atoms with Crippen molar-refractivity contribution in [2.75, 3.05) is 19.7 Å². The highest BCUT2D eigenvalue weighted by Crippen LogP contribution is 2.32. The standard InChI is InChI=1S/C14H14F3NO4/c15-14(16,17)11-4-2-1-3-10(11)13(21)18-5-6-22-9(8-18)7-12(19)20/h1-4,9H,5-8H2,(H,19,20)/t9-/m0/s1. The molecule has 1 fully saturated rings. The summed E-state index contributed by atoms with van der Waals surface area (Å²) in [5.41, 5.74) is -1.44. The Morgan fingerprint density at radius 3 is 2.64 bits per heavy atom. The van der Waals surface area contributed by atoms with Crippen molar-refractivity contribution in [1.29, 1.82) is 0 Å². The largest absolute Gasteiger partial charge is 0.481 e. The van der Waals surface area contributed by atoms with E-state index in [-0.39, 0.29) is 26.1 Å². The molecule has 1 aromatic rings. The van der Waals surface area contributed by atoms with Gasteiger partial charge in [-0.1, -0.05) is 12.1 Å². The van der Waals surface area contributed by atoms with Crippen molar-refractivity contribution in [1.82, 2.24) is 4.90 Å². The predicted octanol–water partition coefficient (Wildman–Crippen LogP) is 2.02. The van der Waals surface area contributed by atoms with Gasteiger partial charge < -0.3 is 14.7 Å². The van der Waals surface area contributed by atoms with Crippen molar-refractivity contribution in [2.24, 2.45) is 0 Å². The molecule has 22 heavy (non-hydrogen) atoms. The van der Waals surface area contributed by atoms with Crippen LogP contribution in [0.2, 0.25) is 0 Å². The van der Waals surface area contributed by atoms with E-state index in [0.717, 1.165) is 12.1 Å². The Morgan fingerprint density at radius 2 is 2.00 bits per heavy atom. The Balaban J connectivity index is 2.20. The first-order valence-corrected chi connectivity index (χ1v) is 6.58. The third kappa shape index (κ3) is 3.76. The van der Waals surface area contributed by atoms with Gasteiger partial charge in [-0.3, -0.25) is 9.59 Å². The molecule has 5 nitrogen and oxygen atoms in total. The first kappa shape index (κ1) is 16.3. The van der Waals surface area contributed by atoms with Crippen LogP contribution in [-0.4, -0.2) is 47.7 Å². The molecule has 120 valence electrons. The fraction of sp³-hybridized carbons (Fsp3) is 0.429. The second-order valence-corrected chi connectivity index (χ2v) is 4.89. The summed E-state index contributed by atoms with van der Waals surface area (Å²) in [6.45, 7) is 0.177. The number of carboxylic acid groups (broad SMARTS) is 1. The van der Waals surface area contributed by atoms with E-state index in [4.69, 9.17) is 9.84 Å². The van der Waals surface area contributed by atoms with E-state index in [1.807, 2.05) is 0 Å². The second-order valence-electron chi connectivity index (χ2n) is 4.89. The molecule has 0 spiro atoms. The van der Waals surface area contributed by atoms with Gasteiger partial charge in [-0.05, 0) is 12.1 Å². The smallest absolute Gasteiger partial charge is 0.417 e. The number of carbonyl (C=O) groups is 2. The third-order valence-corrected chi connectivity index (χ3v) is 3.29. The van der Waals surface area contributed by atoms with Crippen molar-refractivity contribution < 1.29 is 32.6 Å². The summed E-state index contributed by atoms with van der Waals surface area (Å²) in [5.74, 6) is -1.86. The molecule has 0 aliphatic carbocycles. The molecule has 2 rings (SSSR count). The number of benzene rings is 1. The molecule has 1 aliphatic rings. The number of halogens is 3.